The number of fused-ring (bicyclic) bond motifs is 1. The number of pyridine rings is 3. The van der Waals surface area contributed by atoms with Gasteiger partial charge in [-0.05, 0) is 45.4 Å². The molecule has 3 atom stereocenters. The van der Waals surface area contributed by atoms with E-state index in [9.17, 15) is 10.1 Å². The van der Waals surface area contributed by atoms with E-state index in [2.05, 4.69) is 34.8 Å². The van der Waals surface area contributed by atoms with E-state index in [1.807, 2.05) is 26.0 Å². The fourth-order valence-corrected chi connectivity index (χ4v) is 4.60. The summed E-state index contributed by atoms with van der Waals surface area (Å²) in [5.41, 5.74) is 2.40. The first kappa shape index (κ1) is 23.6. The maximum Gasteiger partial charge on any atom is 0.252 e. The quantitative estimate of drug-likeness (QED) is 0.546. The molecular formula is C26H31N5O3. The smallest absolute Gasteiger partial charge is 0.252 e. The van der Waals surface area contributed by atoms with Crippen molar-refractivity contribution in [2.24, 2.45) is 13.0 Å². The molecule has 0 spiro atoms. The van der Waals surface area contributed by atoms with E-state index in [-0.39, 0.29) is 29.7 Å². The van der Waals surface area contributed by atoms with Crippen molar-refractivity contribution in [3.05, 3.63) is 52.6 Å². The van der Waals surface area contributed by atoms with Crippen molar-refractivity contribution in [2.75, 3.05) is 11.4 Å². The molecule has 0 amide bonds. The van der Waals surface area contributed by atoms with E-state index < -0.39 is 0 Å². The lowest BCUT2D eigenvalue weighted by molar-refractivity contribution is 0.0911. The van der Waals surface area contributed by atoms with E-state index in [0.29, 0.717) is 22.6 Å². The fourth-order valence-electron chi connectivity index (χ4n) is 4.60. The number of hydrogen-bond acceptors (Lipinski definition) is 7. The first-order valence-electron chi connectivity index (χ1n) is 11.8. The molecule has 1 saturated heterocycles. The lowest BCUT2D eigenvalue weighted by Crippen LogP contribution is -2.50. The molecule has 1 aliphatic rings. The molecule has 0 N–H and O–H groups in total. The van der Waals surface area contributed by atoms with Gasteiger partial charge in [0.2, 0.25) is 5.88 Å². The predicted octanol–water partition coefficient (Wildman–Crippen LogP) is 4.06. The number of rotatable bonds is 6. The molecule has 0 radical (unpaired) electrons. The Labute approximate surface area is 199 Å². The van der Waals surface area contributed by atoms with Crippen molar-refractivity contribution in [1.82, 2.24) is 14.5 Å². The van der Waals surface area contributed by atoms with E-state index in [1.165, 1.54) is 0 Å². The van der Waals surface area contributed by atoms with Crippen molar-refractivity contribution in [3.8, 4) is 17.7 Å². The van der Waals surface area contributed by atoms with Gasteiger partial charge in [-0.15, -0.1) is 0 Å². The van der Waals surface area contributed by atoms with Gasteiger partial charge in [0.25, 0.3) is 5.56 Å². The normalized spacial score (nSPS) is 20.4. The molecule has 3 aromatic rings. The molecule has 34 heavy (non-hydrogen) atoms. The molecule has 8 nitrogen and oxygen atoms in total. The number of aromatic nitrogens is 3. The summed E-state index contributed by atoms with van der Waals surface area (Å²) >= 11 is 0. The molecule has 8 heteroatoms. The summed E-state index contributed by atoms with van der Waals surface area (Å²) in [6.45, 7) is 8.96. The Morgan fingerprint density at radius 3 is 2.71 bits per heavy atom. The summed E-state index contributed by atoms with van der Waals surface area (Å²) in [5, 5.41) is 9.36. The van der Waals surface area contributed by atoms with Gasteiger partial charge in [-0.2, -0.15) is 5.26 Å². The lowest BCUT2D eigenvalue weighted by Gasteiger charge is -2.43. The number of ether oxygens (including phenoxy) is 2. The standard InChI is InChI=1S/C26H31N5O3/c1-6-18-15-31(22-12-25(32)30(5)21-9-7-19(13-27)29-26(21)22)17(4)11-23(18)34-24-10-8-20(14-28-24)33-16(2)3/h7-10,12,14,16-18,23H,6,11,15H2,1-5H3/t17-,18-,23-/m0/s1. The van der Waals surface area contributed by atoms with Gasteiger partial charge in [0.1, 0.15) is 29.1 Å². The number of anilines is 1. The third-order valence-corrected chi connectivity index (χ3v) is 6.43. The van der Waals surface area contributed by atoms with Crippen molar-refractivity contribution >= 4 is 16.7 Å². The minimum Gasteiger partial charge on any atom is -0.489 e. The third-order valence-electron chi connectivity index (χ3n) is 6.43. The Morgan fingerprint density at radius 2 is 2.06 bits per heavy atom. The molecule has 1 fully saturated rings. The van der Waals surface area contributed by atoms with Crippen LogP contribution in [0.5, 0.6) is 11.6 Å². The van der Waals surface area contributed by atoms with Gasteiger partial charge in [-0.1, -0.05) is 6.92 Å². The average Bonchev–Trinajstić information content (AvgIpc) is 2.82. The van der Waals surface area contributed by atoms with Gasteiger partial charge >= 0.3 is 0 Å². The molecule has 4 rings (SSSR count). The van der Waals surface area contributed by atoms with Crippen LogP contribution >= 0.6 is 0 Å². The topological polar surface area (TPSA) is 93.3 Å². The van der Waals surface area contributed by atoms with Crippen LogP contribution in [0, 0.1) is 17.2 Å². The maximum atomic E-state index is 12.7. The zero-order chi connectivity index (χ0) is 24.4. The van der Waals surface area contributed by atoms with Gasteiger partial charge in [0.05, 0.1) is 23.5 Å². The van der Waals surface area contributed by atoms with Crippen LogP contribution in [-0.2, 0) is 7.05 Å². The highest BCUT2D eigenvalue weighted by Crippen LogP contribution is 2.34. The van der Waals surface area contributed by atoms with Crippen LogP contribution in [0.15, 0.2) is 41.3 Å². The Morgan fingerprint density at radius 1 is 1.26 bits per heavy atom. The molecular weight excluding hydrogens is 430 g/mol. The number of nitrogens with zero attached hydrogens (tertiary/aromatic N) is 5. The molecule has 3 aromatic heterocycles. The van der Waals surface area contributed by atoms with Crippen molar-refractivity contribution in [3.63, 3.8) is 0 Å². The summed E-state index contributed by atoms with van der Waals surface area (Å²) in [6.07, 6.45) is 3.48. The summed E-state index contributed by atoms with van der Waals surface area (Å²) < 4.78 is 13.6. The van der Waals surface area contributed by atoms with Crippen molar-refractivity contribution < 1.29 is 9.47 Å². The number of nitriles is 1. The Balaban J connectivity index is 1.61. The van der Waals surface area contributed by atoms with Crippen LogP contribution in [0.25, 0.3) is 11.0 Å². The van der Waals surface area contributed by atoms with Crippen LogP contribution in [0.4, 0.5) is 5.69 Å². The molecule has 4 heterocycles. The average molecular weight is 462 g/mol. The summed E-state index contributed by atoms with van der Waals surface area (Å²) in [5.74, 6) is 1.54. The zero-order valence-electron chi connectivity index (χ0n) is 20.4. The third kappa shape index (κ3) is 4.69. The molecule has 178 valence electrons. The summed E-state index contributed by atoms with van der Waals surface area (Å²) in [4.78, 5) is 23.9. The zero-order valence-corrected chi connectivity index (χ0v) is 20.4. The number of aryl methyl sites for hydroxylation is 1. The Hall–Kier alpha value is -3.60. The highest BCUT2D eigenvalue weighted by Gasteiger charge is 2.35. The van der Waals surface area contributed by atoms with Crippen LogP contribution in [-0.4, -0.2) is 39.3 Å². The molecule has 1 aliphatic heterocycles. The highest BCUT2D eigenvalue weighted by atomic mass is 16.5. The Kier molecular flexibility index (Phi) is 6.73. The highest BCUT2D eigenvalue weighted by molar-refractivity contribution is 5.88. The van der Waals surface area contributed by atoms with Crippen LogP contribution < -0.4 is 19.9 Å². The number of piperidine rings is 1. The molecule has 0 aliphatic carbocycles. The van der Waals surface area contributed by atoms with Crippen LogP contribution in [0.2, 0.25) is 0 Å². The molecule has 0 unspecified atom stereocenters. The van der Waals surface area contributed by atoms with E-state index in [4.69, 9.17) is 9.47 Å². The predicted molar refractivity (Wildman–Crippen MR) is 131 cm³/mol. The first-order chi connectivity index (χ1) is 16.3. The second kappa shape index (κ2) is 9.72. The van der Waals surface area contributed by atoms with Crippen molar-refractivity contribution in [1.29, 1.82) is 5.26 Å². The van der Waals surface area contributed by atoms with E-state index in [1.54, 1.807) is 36.0 Å². The lowest BCUT2D eigenvalue weighted by atomic mass is 9.88. The molecule has 0 bridgehead atoms. The van der Waals surface area contributed by atoms with Gasteiger partial charge in [-0.25, -0.2) is 9.97 Å². The number of hydrogen-bond donors (Lipinski definition) is 0. The van der Waals surface area contributed by atoms with Gasteiger partial charge in [0.15, 0.2) is 0 Å². The summed E-state index contributed by atoms with van der Waals surface area (Å²) in [7, 11) is 1.73. The van der Waals surface area contributed by atoms with Gasteiger partial charge in [0, 0.05) is 44.1 Å². The fraction of sp³-hybridized carbons (Fsp3) is 0.462. The second-order valence-electron chi connectivity index (χ2n) is 9.16. The van der Waals surface area contributed by atoms with Crippen LogP contribution in [0.1, 0.15) is 46.2 Å². The molecule has 0 saturated carbocycles. The monoisotopic (exact) mass is 461 g/mol. The first-order valence-corrected chi connectivity index (χ1v) is 11.8. The SMILES string of the molecule is CC[C@H]1CN(c2cc(=O)n(C)c3ccc(C#N)nc23)[C@@H](C)C[C@@H]1Oc1ccc(OC(C)C)cn1. The van der Waals surface area contributed by atoms with Crippen molar-refractivity contribution in [2.45, 2.75) is 58.8 Å². The Bertz CT molecular complexity index is 1260. The van der Waals surface area contributed by atoms with E-state index in [0.717, 1.165) is 30.8 Å². The maximum absolute atomic E-state index is 12.7. The second-order valence-corrected chi connectivity index (χ2v) is 9.16. The molecule has 0 aromatic carbocycles. The minimum atomic E-state index is -0.0967. The van der Waals surface area contributed by atoms with E-state index >= 15 is 0 Å². The van der Waals surface area contributed by atoms with Gasteiger partial charge in [-0.3, -0.25) is 4.79 Å². The largest absolute Gasteiger partial charge is 0.489 e. The van der Waals surface area contributed by atoms with Crippen LogP contribution in [0.3, 0.4) is 0 Å². The minimum absolute atomic E-state index is 0.000977. The van der Waals surface area contributed by atoms with Gasteiger partial charge < -0.3 is 18.9 Å². The summed E-state index contributed by atoms with van der Waals surface area (Å²) in [6, 6.07) is 11.0.